The number of nitriles is 1. The van der Waals surface area contributed by atoms with E-state index in [2.05, 4.69) is 17.2 Å². The Morgan fingerprint density at radius 2 is 1.88 bits per heavy atom. The summed E-state index contributed by atoms with van der Waals surface area (Å²) in [5, 5.41) is 13.9. The average molecular weight is 461 g/mol. The van der Waals surface area contributed by atoms with Crippen LogP contribution in [0, 0.1) is 11.3 Å². The zero-order valence-electron chi connectivity index (χ0n) is 18.3. The first-order chi connectivity index (χ1) is 16.1. The highest BCUT2D eigenvalue weighted by Crippen LogP contribution is 2.30. The number of fused-ring (bicyclic) bond motifs is 2. The Hall–Kier alpha value is -3.57. The molecule has 0 spiro atoms. The Balaban J connectivity index is 1.55. The SMILES string of the molecule is CCCCCCn1c(SCC(=O)Nc2c(C#N)oc3ccccc23)nc2ccccc2c1=O. The number of anilines is 1. The highest BCUT2D eigenvalue weighted by atomic mass is 32.2. The maximum absolute atomic E-state index is 13.1. The molecule has 0 unspecified atom stereocenters. The monoisotopic (exact) mass is 460 g/mol. The number of aromatic nitrogens is 2. The third kappa shape index (κ3) is 4.94. The molecule has 2 aromatic carbocycles. The quantitative estimate of drug-likeness (QED) is 0.206. The van der Waals surface area contributed by atoms with Crippen LogP contribution in [0.15, 0.2) is 62.9 Å². The molecule has 168 valence electrons. The largest absolute Gasteiger partial charge is 0.443 e. The lowest BCUT2D eigenvalue weighted by atomic mass is 10.2. The summed E-state index contributed by atoms with van der Waals surface area (Å²) < 4.78 is 7.19. The molecule has 2 aromatic heterocycles. The molecule has 0 radical (unpaired) electrons. The minimum Gasteiger partial charge on any atom is -0.443 e. The van der Waals surface area contributed by atoms with Crippen LogP contribution < -0.4 is 10.9 Å². The lowest BCUT2D eigenvalue weighted by Gasteiger charge is -2.13. The number of para-hydroxylation sites is 2. The fourth-order valence-electron chi connectivity index (χ4n) is 3.71. The number of furan rings is 1. The molecule has 0 bridgehead atoms. The van der Waals surface area contributed by atoms with Crippen LogP contribution in [0.1, 0.15) is 38.4 Å². The van der Waals surface area contributed by atoms with E-state index in [1.165, 1.54) is 11.8 Å². The minimum absolute atomic E-state index is 0.0457. The standard InChI is InChI=1S/C25H24N4O3S/c1-2-3-4-9-14-29-24(31)17-10-5-7-12-19(17)27-25(29)33-16-22(30)28-23-18-11-6-8-13-20(18)32-21(23)15-26/h5-8,10-13H,2-4,9,14,16H2,1H3,(H,28,30). The third-order valence-electron chi connectivity index (χ3n) is 5.36. The highest BCUT2D eigenvalue weighted by molar-refractivity contribution is 7.99. The van der Waals surface area contributed by atoms with Gasteiger partial charge in [0.2, 0.25) is 11.7 Å². The van der Waals surface area contributed by atoms with Crippen molar-refractivity contribution in [3.8, 4) is 6.07 Å². The maximum atomic E-state index is 13.1. The lowest BCUT2D eigenvalue weighted by molar-refractivity contribution is -0.113. The summed E-state index contributed by atoms with van der Waals surface area (Å²) in [6.07, 6.45) is 4.13. The molecule has 4 rings (SSSR count). The van der Waals surface area contributed by atoms with Crippen LogP contribution in [-0.4, -0.2) is 21.2 Å². The van der Waals surface area contributed by atoms with Gasteiger partial charge in [0.25, 0.3) is 5.56 Å². The molecule has 0 saturated heterocycles. The first-order valence-corrected chi connectivity index (χ1v) is 11.9. The van der Waals surface area contributed by atoms with E-state index < -0.39 is 0 Å². The summed E-state index contributed by atoms with van der Waals surface area (Å²) >= 11 is 1.21. The number of hydrogen-bond acceptors (Lipinski definition) is 6. The molecule has 0 fully saturated rings. The van der Waals surface area contributed by atoms with Gasteiger partial charge in [-0.25, -0.2) is 4.98 Å². The van der Waals surface area contributed by atoms with Crippen molar-refractivity contribution in [3.05, 3.63) is 64.6 Å². The molecule has 2 heterocycles. The van der Waals surface area contributed by atoms with Crippen molar-refractivity contribution in [2.24, 2.45) is 0 Å². The van der Waals surface area contributed by atoms with Crippen molar-refractivity contribution >= 4 is 45.2 Å². The first kappa shape index (κ1) is 22.6. The van der Waals surface area contributed by atoms with Crippen LogP contribution >= 0.6 is 11.8 Å². The van der Waals surface area contributed by atoms with Gasteiger partial charge in [-0.05, 0) is 30.7 Å². The average Bonchev–Trinajstić information content (AvgIpc) is 3.19. The molecule has 7 nitrogen and oxygen atoms in total. The molecule has 0 saturated carbocycles. The van der Waals surface area contributed by atoms with Crippen molar-refractivity contribution in [1.29, 1.82) is 5.26 Å². The predicted octanol–water partition coefficient (Wildman–Crippen LogP) is 5.33. The summed E-state index contributed by atoms with van der Waals surface area (Å²) in [7, 11) is 0. The lowest BCUT2D eigenvalue weighted by Crippen LogP contribution is -2.24. The Morgan fingerprint density at radius 3 is 2.67 bits per heavy atom. The number of hydrogen-bond donors (Lipinski definition) is 1. The van der Waals surface area contributed by atoms with E-state index in [0.717, 1.165) is 25.7 Å². The van der Waals surface area contributed by atoms with Crippen LogP contribution in [0.4, 0.5) is 5.69 Å². The van der Waals surface area contributed by atoms with Crippen LogP contribution in [0.25, 0.3) is 21.9 Å². The number of carbonyl (C=O) groups excluding carboxylic acids is 1. The van der Waals surface area contributed by atoms with E-state index in [1.807, 2.05) is 24.3 Å². The van der Waals surface area contributed by atoms with Gasteiger partial charge in [0.1, 0.15) is 17.3 Å². The number of benzene rings is 2. The van der Waals surface area contributed by atoms with E-state index in [9.17, 15) is 14.9 Å². The molecule has 4 aromatic rings. The third-order valence-corrected chi connectivity index (χ3v) is 6.33. The second-order valence-electron chi connectivity index (χ2n) is 7.68. The maximum Gasteiger partial charge on any atom is 0.262 e. The summed E-state index contributed by atoms with van der Waals surface area (Å²) in [5.41, 5.74) is 1.42. The zero-order valence-corrected chi connectivity index (χ0v) is 19.2. The topological polar surface area (TPSA) is 101 Å². The Labute approximate surface area is 195 Å². The van der Waals surface area contributed by atoms with Crippen molar-refractivity contribution < 1.29 is 9.21 Å². The van der Waals surface area contributed by atoms with Crippen molar-refractivity contribution in [2.45, 2.75) is 44.3 Å². The Bertz CT molecular complexity index is 1400. The van der Waals surface area contributed by atoms with Gasteiger partial charge in [0, 0.05) is 11.9 Å². The molecule has 0 atom stereocenters. The van der Waals surface area contributed by atoms with E-state index in [1.54, 1.807) is 34.9 Å². The van der Waals surface area contributed by atoms with Gasteiger partial charge in [0.15, 0.2) is 5.16 Å². The fourth-order valence-corrected chi connectivity index (χ4v) is 4.53. The highest BCUT2D eigenvalue weighted by Gasteiger charge is 2.18. The van der Waals surface area contributed by atoms with Gasteiger partial charge in [-0.2, -0.15) is 5.26 Å². The number of nitrogens with one attached hydrogen (secondary N) is 1. The van der Waals surface area contributed by atoms with Crippen molar-refractivity contribution in [2.75, 3.05) is 11.1 Å². The van der Waals surface area contributed by atoms with E-state index in [0.29, 0.717) is 39.3 Å². The van der Waals surface area contributed by atoms with Crippen molar-refractivity contribution in [3.63, 3.8) is 0 Å². The molecule has 0 aliphatic carbocycles. The summed E-state index contributed by atoms with van der Waals surface area (Å²) in [4.78, 5) is 30.5. The van der Waals surface area contributed by atoms with Crippen LogP contribution in [0.5, 0.6) is 0 Å². The van der Waals surface area contributed by atoms with Crippen LogP contribution in [0.2, 0.25) is 0 Å². The van der Waals surface area contributed by atoms with Gasteiger partial charge in [-0.3, -0.25) is 14.2 Å². The summed E-state index contributed by atoms with van der Waals surface area (Å²) in [6, 6.07) is 16.4. The molecule has 1 amide bonds. The van der Waals surface area contributed by atoms with Gasteiger partial charge >= 0.3 is 0 Å². The van der Waals surface area contributed by atoms with Gasteiger partial charge in [0.05, 0.1) is 16.7 Å². The molecule has 0 aliphatic rings. The second-order valence-corrected chi connectivity index (χ2v) is 8.62. The van der Waals surface area contributed by atoms with Gasteiger partial charge in [-0.1, -0.05) is 62.2 Å². The molecule has 1 N–H and O–H groups in total. The molecular formula is C25H24N4O3S. The number of amides is 1. The Morgan fingerprint density at radius 1 is 1.12 bits per heavy atom. The van der Waals surface area contributed by atoms with Gasteiger partial charge < -0.3 is 9.73 Å². The predicted molar refractivity (Wildman–Crippen MR) is 130 cm³/mol. The number of unbranched alkanes of at least 4 members (excludes halogenated alkanes) is 3. The number of nitrogens with zero attached hydrogens (tertiary/aromatic N) is 3. The number of thioether (sulfide) groups is 1. The molecule has 33 heavy (non-hydrogen) atoms. The summed E-state index contributed by atoms with van der Waals surface area (Å²) in [6.45, 7) is 2.70. The summed E-state index contributed by atoms with van der Waals surface area (Å²) in [5.74, 6) is -0.196. The van der Waals surface area contributed by atoms with Crippen LogP contribution in [0.3, 0.4) is 0 Å². The van der Waals surface area contributed by atoms with E-state index >= 15 is 0 Å². The molecular weight excluding hydrogens is 436 g/mol. The second kappa shape index (κ2) is 10.4. The molecule has 8 heteroatoms. The normalized spacial score (nSPS) is 11.0. The van der Waals surface area contributed by atoms with E-state index in [-0.39, 0.29) is 23.0 Å². The number of rotatable bonds is 9. The van der Waals surface area contributed by atoms with E-state index in [4.69, 9.17) is 4.42 Å². The van der Waals surface area contributed by atoms with Gasteiger partial charge in [-0.15, -0.1) is 0 Å². The minimum atomic E-state index is -0.303. The fraction of sp³-hybridized carbons (Fsp3) is 0.280. The zero-order chi connectivity index (χ0) is 23.2. The number of carbonyl (C=O) groups is 1. The Kier molecular flexibility index (Phi) is 7.10. The van der Waals surface area contributed by atoms with Crippen LogP contribution in [-0.2, 0) is 11.3 Å². The molecule has 0 aliphatic heterocycles. The smallest absolute Gasteiger partial charge is 0.262 e. The van der Waals surface area contributed by atoms with Crippen molar-refractivity contribution in [1.82, 2.24) is 9.55 Å². The first-order valence-electron chi connectivity index (χ1n) is 11.0.